The summed E-state index contributed by atoms with van der Waals surface area (Å²) in [6.45, 7) is 5.89. The van der Waals surface area contributed by atoms with Crippen molar-refractivity contribution in [2.75, 3.05) is 0 Å². The van der Waals surface area contributed by atoms with Gasteiger partial charge in [0.05, 0.1) is 6.04 Å². The number of benzene rings is 3. The predicted octanol–water partition coefficient (Wildman–Crippen LogP) is 5.51. The Morgan fingerprint density at radius 1 is 0.840 bits per heavy atom. The van der Waals surface area contributed by atoms with Crippen molar-refractivity contribution in [3.05, 3.63) is 89.5 Å². The zero-order chi connectivity index (χ0) is 17.8. The molecule has 0 fully saturated rings. The Hall–Kier alpha value is -2.87. The second kappa shape index (κ2) is 7.35. The number of amides is 1. The van der Waals surface area contributed by atoms with E-state index in [2.05, 4.69) is 35.6 Å². The van der Waals surface area contributed by atoms with Crippen molar-refractivity contribution >= 4 is 22.3 Å². The normalized spacial score (nSPS) is 13.2. The molecule has 1 N–H and O–H groups in total. The molecule has 25 heavy (non-hydrogen) atoms. The number of carbonyl (C=O) groups is 1. The number of fused-ring (bicyclic) bond motifs is 1. The minimum atomic E-state index is -0.0457. The van der Waals surface area contributed by atoms with Crippen LogP contribution in [-0.4, -0.2) is 5.91 Å². The fourth-order valence-electron chi connectivity index (χ4n) is 2.94. The third-order valence-corrected chi connectivity index (χ3v) is 4.73. The van der Waals surface area contributed by atoms with E-state index in [4.69, 9.17) is 0 Å². The van der Waals surface area contributed by atoms with Crippen LogP contribution in [0.15, 0.2) is 78.4 Å². The Balaban J connectivity index is 1.79. The molecule has 1 amide bonds. The van der Waals surface area contributed by atoms with E-state index in [9.17, 15) is 4.79 Å². The molecule has 0 saturated heterocycles. The molecule has 126 valence electrons. The fourth-order valence-corrected chi connectivity index (χ4v) is 2.94. The van der Waals surface area contributed by atoms with E-state index in [1.165, 1.54) is 10.8 Å². The third kappa shape index (κ3) is 3.80. The van der Waals surface area contributed by atoms with Gasteiger partial charge in [0.15, 0.2) is 0 Å². The van der Waals surface area contributed by atoms with Gasteiger partial charge in [0.1, 0.15) is 0 Å². The van der Waals surface area contributed by atoms with Gasteiger partial charge in [-0.15, -0.1) is 0 Å². The molecule has 0 aromatic heterocycles. The van der Waals surface area contributed by atoms with E-state index in [-0.39, 0.29) is 11.9 Å². The highest BCUT2D eigenvalue weighted by Gasteiger charge is 2.13. The summed E-state index contributed by atoms with van der Waals surface area (Å²) in [4.78, 5) is 12.6. The average molecular weight is 329 g/mol. The third-order valence-electron chi connectivity index (χ3n) is 4.73. The summed E-state index contributed by atoms with van der Waals surface area (Å²) < 4.78 is 0. The Morgan fingerprint density at radius 2 is 1.48 bits per heavy atom. The summed E-state index contributed by atoms with van der Waals surface area (Å²) in [6, 6.07) is 24.5. The zero-order valence-electron chi connectivity index (χ0n) is 14.9. The summed E-state index contributed by atoms with van der Waals surface area (Å²) in [5, 5.41) is 5.51. The minimum Gasteiger partial charge on any atom is -0.346 e. The van der Waals surface area contributed by atoms with Crippen LogP contribution in [0.5, 0.6) is 0 Å². The van der Waals surface area contributed by atoms with E-state index in [0.717, 1.165) is 22.3 Å². The van der Waals surface area contributed by atoms with Crippen molar-refractivity contribution in [3.8, 4) is 0 Å². The van der Waals surface area contributed by atoms with Gasteiger partial charge in [0, 0.05) is 5.57 Å². The summed E-state index contributed by atoms with van der Waals surface area (Å²) in [7, 11) is 0. The molecule has 0 spiro atoms. The topological polar surface area (TPSA) is 29.1 Å². The van der Waals surface area contributed by atoms with E-state index >= 15 is 0 Å². The quantitative estimate of drug-likeness (QED) is 0.628. The van der Waals surface area contributed by atoms with Crippen LogP contribution in [0, 0.1) is 0 Å². The summed E-state index contributed by atoms with van der Waals surface area (Å²) in [5.74, 6) is -0.0259. The Labute approximate surface area is 149 Å². The van der Waals surface area contributed by atoms with Crippen LogP contribution in [0.25, 0.3) is 16.3 Å². The Bertz CT molecular complexity index is 925. The second-order valence-electron chi connectivity index (χ2n) is 6.42. The zero-order valence-corrected chi connectivity index (χ0v) is 14.9. The lowest BCUT2D eigenvalue weighted by molar-refractivity contribution is -0.118. The van der Waals surface area contributed by atoms with Crippen LogP contribution in [0.4, 0.5) is 0 Å². The van der Waals surface area contributed by atoms with Gasteiger partial charge in [-0.05, 0) is 54.3 Å². The highest BCUT2D eigenvalue weighted by molar-refractivity contribution is 6.00. The van der Waals surface area contributed by atoms with Gasteiger partial charge in [-0.25, -0.2) is 0 Å². The van der Waals surface area contributed by atoms with Crippen LogP contribution in [0.2, 0.25) is 0 Å². The van der Waals surface area contributed by atoms with E-state index in [1.54, 1.807) is 0 Å². The standard InChI is InChI=1S/C23H23NO/c1-16(19-9-5-4-6-10-19)17(2)23(25)24-18(3)21-14-13-20-11-7-8-12-22(20)15-21/h4-15,18H,1-3H3,(H,24,25). The molecular formula is C23H23NO. The first-order chi connectivity index (χ1) is 12.1. The van der Waals surface area contributed by atoms with Gasteiger partial charge in [0.25, 0.3) is 0 Å². The fraction of sp³-hybridized carbons (Fsp3) is 0.174. The maximum absolute atomic E-state index is 12.6. The number of rotatable bonds is 4. The van der Waals surface area contributed by atoms with Crippen LogP contribution < -0.4 is 5.32 Å². The SMILES string of the molecule is CC(C(=O)NC(C)c1ccc2ccccc2c1)=C(C)c1ccccc1. The Kier molecular flexibility index (Phi) is 4.99. The van der Waals surface area contributed by atoms with Crippen molar-refractivity contribution in [3.63, 3.8) is 0 Å². The smallest absolute Gasteiger partial charge is 0.247 e. The van der Waals surface area contributed by atoms with Crippen molar-refractivity contribution in [2.45, 2.75) is 26.8 Å². The molecule has 0 bridgehead atoms. The minimum absolute atomic E-state index is 0.0259. The summed E-state index contributed by atoms with van der Waals surface area (Å²) in [6.07, 6.45) is 0. The molecule has 2 heteroatoms. The maximum atomic E-state index is 12.6. The molecule has 3 rings (SSSR count). The molecule has 0 aliphatic carbocycles. The first kappa shape index (κ1) is 17.0. The molecule has 2 nitrogen and oxygen atoms in total. The number of hydrogen-bond donors (Lipinski definition) is 1. The lowest BCUT2D eigenvalue weighted by Gasteiger charge is -2.16. The monoisotopic (exact) mass is 329 g/mol. The van der Waals surface area contributed by atoms with Crippen molar-refractivity contribution in [2.24, 2.45) is 0 Å². The van der Waals surface area contributed by atoms with Gasteiger partial charge >= 0.3 is 0 Å². The van der Waals surface area contributed by atoms with Crippen molar-refractivity contribution in [1.29, 1.82) is 0 Å². The predicted molar refractivity (Wildman–Crippen MR) is 105 cm³/mol. The number of hydrogen-bond acceptors (Lipinski definition) is 1. The number of nitrogens with one attached hydrogen (secondary N) is 1. The molecule has 3 aromatic carbocycles. The maximum Gasteiger partial charge on any atom is 0.247 e. The molecular weight excluding hydrogens is 306 g/mol. The van der Waals surface area contributed by atoms with E-state index in [1.807, 2.05) is 63.2 Å². The molecule has 0 heterocycles. The van der Waals surface area contributed by atoms with Crippen molar-refractivity contribution < 1.29 is 4.79 Å². The van der Waals surface area contributed by atoms with Crippen LogP contribution in [0.1, 0.15) is 37.9 Å². The first-order valence-corrected chi connectivity index (χ1v) is 8.58. The molecule has 0 radical (unpaired) electrons. The molecule has 1 atom stereocenters. The Morgan fingerprint density at radius 3 is 2.20 bits per heavy atom. The van der Waals surface area contributed by atoms with E-state index in [0.29, 0.717) is 0 Å². The first-order valence-electron chi connectivity index (χ1n) is 8.58. The number of allylic oxidation sites excluding steroid dienone is 1. The summed E-state index contributed by atoms with van der Waals surface area (Å²) >= 11 is 0. The second-order valence-corrected chi connectivity index (χ2v) is 6.42. The molecule has 0 saturated carbocycles. The van der Waals surface area contributed by atoms with Gasteiger partial charge in [-0.2, -0.15) is 0 Å². The van der Waals surface area contributed by atoms with Gasteiger partial charge in [0.2, 0.25) is 5.91 Å². The number of carbonyl (C=O) groups excluding carboxylic acids is 1. The highest BCUT2D eigenvalue weighted by atomic mass is 16.1. The lowest BCUT2D eigenvalue weighted by atomic mass is 10.0. The molecule has 0 aliphatic heterocycles. The van der Waals surface area contributed by atoms with Crippen LogP contribution >= 0.6 is 0 Å². The summed E-state index contributed by atoms with van der Waals surface area (Å²) in [5.41, 5.74) is 3.94. The van der Waals surface area contributed by atoms with Gasteiger partial charge in [-0.3, -0.25) is 4.79 Å². The average Bonchev–Trinajstić information content (AvgIpc) is 2.67. The van der Waals surface area contributed by atoms with E-state index < -0.39 is 0 Å². The highest BCUT2D eigenvalue weighted by Crippen LogP contribution is 2.22. The van der Waals surface area contributed by atoms with Crippen LogP contribution in [0.3, 0.4) is 0 Å². The molecule has 1 unspecified atom stereocenters. The van der Waals surface area contributed by atoms with Gasteiger partial charge in [-0.1, -0.05) is 66.7 Å². The van der Waals surface area contributed by atoms with Crippen molar-refractivity contribution in [1.82, 2.24) is 5.32 Å². The molecule has 3 aromatic rings. The largest absolute Gasteiger partial charge is 0.346 e. The lowest BCUT2D eigenvalue weighted by Crippen LogP contribution is -2.27. The van der Waals surface area contributed by atoms with Gasteiger partial charge < -0.3 is 5.32 Å². The van der Waals surface area contributed by atoms with Crippen LogP contribution in [-0.2, 0) is 4.79 Å². The molecule has 0 aliphatic rings.